The Hall–Kier alpha value is -1.36. The van der Waals surface area contributed by atoms with Gasteiger partial charge < -0.3 is 10.0 Å². The number of nitrogens with one attached hydrogen (secondary N) is 1. The van der Waals surface area contributed by atoms with Crippen LogP contribution in [0.25, 0.3) is 0 Å². The molecular formula is C12H17N3O2. The summed E-state index contributed by atoms with van der Waals surface area (Å²) >= 11 is 0. The van der Waals surface area contributed by atoms with Gasteiger partial charge in [0, 0.05) is 17.8 Å². The minimum atomic E-state index is -0.234. The average molecular weight is 235 g/mol. The van der Waals surface area contributed by atoms with Crippen LogP contribution in [0.1, 0.15) is 41.7 Å². The number of rotatable bonds is 1. The van der Waals surface area contributed by atoms with Crippen molar-refractivity contribution in [1.29, 1.82) is 0 Å². The minimum absolute atomic E-state index is 0.0654. The van der Waals surface area contributed by atoms with Crippen molar-refractivity contribution in [2.75, 3.05) is 0 Å². The van der Waals surface area contributed by atoms with Gasteiger partial charge in [0.05, 0.1) is 17.9 Å². The molecule has 3 rings (SSSR count). The maximum absolute atomic E-state index is 12.4. The third-order valence-electron chi connectivity index (χ3n) is 4.00. The highest BCUT2D eigenvalue weighted by atomic mass is 16.3. The first-order valence-electron chi connectivity index (χ1n) is 6.17. The number of hydrogen-bond acceptors (Lipinski definition) is 3. The Labute approximate surface area is 99.8 Å². The number of aromatic nitrogens is 2. The Kier molecular flexibility index (Phi) is 2.43. The number of aliphatic hydroxyl groups is 1. The summed E-state index contributed by atoms with van der Waals surface area (Å²) in [5.41, 5.74) is 1.49. The number of nitrogens with zero attached hydrogens (tertiary/aromatic N) is 2. The average Bonchev–Trinajstić information content (AvgIpc) is 2.81. The van der Waals surface area contributed by atoms with Gasteiger partial charge >= 0.3 is 0 Å². The monoisotopic (exact) mass is 235 g/mol. The molecule has 0 spiro atoms. The summed E-state index contributed by atoms with van der Waals surface area (Å²) in [6.45, 7) is 1.86. The van der Waals surface area contributed by atoms with Crippen molar-refractivity contribution in [3.63, 3.8) is 0 Å². The summed E-state index contributed by atoms with van der Waals surface area (Å²) in [7, 11) is 0. The number of H-pyrrole nitrogens is 1. The molecule has 2 aliphatic rings. The molecular weight excluding hydrogens is 218 g/mol. The highest BCUT2D eigenvalue weighted by Gasteiger charge is 2.43. The van der Waals surface area contributed by atoms with Gasteiger partial charge in [0.1, 0.15) is 0 Å². The van der Waals surface area contributed by atoms with Crippen LogP contribution in [0.5, 0.6) is 0 Å². The smallest absolute Gasteiger partial charge is 0.257 e. The zero-order valence-electron chi connectivity index (χ0n) is 9.89. The highest BCUT2D eigenvalue weighted by Crippen LogP contribution is 2.36. The number of piperidine rings is 1. The molecule has 2 fully saturated rings. The lowest BCUT2D eigenvalue weighted by molar-refractivity contribution is 0.0286. The van der Waals surface area contributed by atoms with Crippen molar-refractivity contribution in [1.82, 2.24) is 15.1 Å². The molecule has 3 heterocycles. The molecule has 5 heteroatoms. The largest absolute Gasteiger partial charge is 0.393 e. The summed E-state index contributed by atoms with van der Waals surface area (Å²) in [5.74, 6) is 0.0654. The van der Waals surface area contributed by atoms with Crippen molar-refractivity contribution in [3.05, 3.63) is 17.5 Å². The van der Waals surface area contributed by atoms with Crippen LogP contribution in [-0.4, -0.2) is 44.3 Å². The van der Waals surface area contributed by atoms with E-state index in [9.17, 15) is 9.90 Å². The normalized spacial score (nSPS) is 31.9. The lowest BCUT2D eigenvalue weighted by Gasteiger charge is -2.37. The first kappa shape index (κ1) is 10.8. The first-order valence-corrected chi connectivity index (χ1v) is 6.17. The summed E-state index contributed by atoms with van der Waals surface area (Å²) in [6, 6.07) is 0.427. The van der Waals surface area contributed by atoms with E-state index in [-0.39, 0.29) is 24.1 Å². The number of carbonyl (C=O) groups is 1. The van der Waals surface area contributed by atoms with E-state index in [1.807, 2.05) is 11.8 Å². The van der Waals surface area contributed by atoms with E-state index in [1.54, 1.807) is 6.20 Å². The van der Waals surface area contributed by atoms with Gasteiger partial charge in [-0.05, 0) is 32.6 Å². The zero-order valence-corrected chi connectivity index (χ0v) is 9.89. The van der Waals surface area contributed by atoms with E-state index in [4.69, 9.17) is 0 Å². The maximum atomic E-state index is 12.4. The molecule has 2 saturated heterocycles. The van der Waals surface area contributed by atoms with Crippen molar-refractivity contribution in [3.8, 4) is 0 Å². The van der Waals surface area contributed by atoms with E-state index in [0.29, 0.717) is 5.56 Å². The van der Waals surface area contributed by atoms with Crippen LogP contribution in [0.2, 0.25) is 0 Å². The molecule has 92 valence electrons. The van der Waals surface area contributed by atoms with Crippen LogP contribution in [0, 0.1) is 6.92 Å². The quantitative estimate of drug-likeness (QED) is 0.758. The van der Waals surface area contributed by atoms with Crippen LogP contribution < -0.4 is 0 Å². The van der Waals surface area contributed by atoms with Crippen LogP contribution >= 0.6 is 0 Å². The van der Waals surface area contributed by atoms with E-state index < -0.39 is 0 Å². The lowest BCUT2D eigenvalue weighted by atomic mass is 9.99. The SMILES string of the molecule is Cc1[nH]ncc1C(=O)N1C2CCC1CC(O)C2. The van der Waals surface area contributed by atoms with Crippen molar-refractivity contribution in [2.45, 2.75) is 50.8 Å². The van der Waals surface area contributed by atoms with Gasteiger partial charge in [-0.3, -0.25) is 9.89 Å². The second kappa shape index (κ2) is 3.84. The van der Waals surface area contributed by atoms with Gasteiger partial charge in [0.25, 0.3) is 5.91 Å². The van der Waals surface area contributed by atoms with Crippen LogP contribution in [0.15, 0.2) is 6.20 Å². The second-order valence-electron chi connectivity index (χ2n) is 5.13. The lowest BCUT2D eigenvalue weighted by Crippen LogP contribution is -2.48. The minimum Gasteiger partial charge on any atom is -0.393 e. The Morgan fingerprint density at radius 3 is 2.65 bits per heavy atom. The number of amides is 1. The Morgan fingerprint density at radius 1 is 1.47 bits per heavy atom. The van der Waals surface area contributed by atoms with Crippen LogP contribution in [0.4, 0.5) is 0 Å². The number of aryl methyl sites for hydroxylation is 1. The van der Waals surface area contributed by atoms with E-state index >= 15 is 0 Å². The summed E-state index contributed by atoms with van der Waals surface area (Å²) in [6.07, 6.45) is 4.84. The fraction of sp³-hybridized carbons (Fsp3) is 0.667. The van der Waals surface area contributed by atoms with Gasteiger partial charge in [-0.2, -0.15) is 5.10 Å². The van der Waals surface area contributed by atoms with E-state index in [1.165, 1.54) is 0 Å². The zero-order chi connectivity index (χ0) is 12.0. The third-order valence-corrected chi connectivity index (χ3v) is 4.00. The molecule has 1 amide bonds. The van der Waals surface area contributed by atoms with Gasteiger partial charge in [-0.1, -0.05) is 0 Å². The fourth-order valence-electron chi connectivity index (χ4n) is 3.19. The second-order valence-corrected chi connectivity index (χ2v) is 5.13. The molecule has 2 atom stereocenters. The van der Waals surface area contributed by atoms with Crippen molar-refractivity contribution >= 4 is 5.91 Å². The highest BCUT2D eigenvalue weighted by molar-refractivity contribution is 5.95. The summed E-state index contributed by atoms with van der Waals surface area (Å²) in [4.78, 5) is 14.4. The Morgan fingerprint density at radius 2 is 2.12 bits per heavy atom. The molecule has 0 radical (unpaired) electrons. The molecule has 1 aromatic rings. The standard InChI is InChI=1S/C12H17N3O2/c1-7-11(6-13-14-7)12(17)15-8-2-3-9(15)5-10(16)4-8/h6,8-10,16H,2-5H2,1H3,(H,13,14). The van der Waals surface area contributed by atoms with Gasteiger partial charge in [-0.15, -0.1) is 0 Å². The van der Waals surface area contributed by atoms with Gasteiger partial charge in [-0.25, -0.2) is 0 Å². The predicted octanol–water partition coefficient (Wildman–Crippen LogP) is 0.846. The maximum Gasteiger partial charge on any atom is 0.257 e. The molecule has 0 aromatic carbocycles. The molecule has 5 nitrogen and oxygen atoms in total. The van der Waals surface area contributed by atoms with Crippen LogP contribution in [-0.2, 0) is 0 Å². The molecule has 2 N–H and O–H groups in total. The van der Waals surface area contributed by atoms with E-state index in [0.717, 1.165) is 31.4 Å². The molecule has 17 heavy (non-hydrogen) atoms. The number of aliphatic hydroxyl groups excluding tert-OH is 1. The molecule has 2 unspecified atom stereocenters. The van der Waals surface area contributed by atoms with Gasteiger partial charge in [0.2, 0.25) is 0 Å². The third kappa shape index (κ3) is 1.65. The number of carbonyl (C=O) groups excluding carboxylic acids is 1. The van der Waals surface area contributed by atoms with Crippen molar-refractivity contribution < 1.29 is 9.90 Å². The molecule has 0 aliphatic carbocycles. The van der Waals surface area contributed by atoms with Crippen LogP contribution in [0.3, 0.4) is 0 Å². The molecule has 2 bridgehead atoms. The fourth-order valence-corrected chi connectivity index (χ4v) is 3.19. The Balaban J connectivity index is 1.86. The predicted molar refractivity (Wildman–Crippen MR) is 61.5 cm³/mol. The first-order chi connectivity index (χ1) is 8.16. The Bertz CT molecular complexity index is 429. The molecule has 0 saturated carbocycles. The summed E-state index contributed by atoms with van der Waals surface area (Å²) in [5, 5.41) is 16.4. The van der Waals surface area contributed by atoms with E-state index in [2.05, 4.69) is 10.2 Å². The molecule has 2 aliphatic heterocycles. The topological polar surface area (TPSA) is 69.2 Å². The number of aromatic amines is 1. The molecule has 1 aromatic heterocycles. The van der Waals surface area contributed by atoms with Gasteiger partial charge in [0.15, 0.2) is 0 Å². The summed E-state index contributed by atoms with van der Waals surface area (Å²) < 4.78 is 0. The number of fused-ring (bicyclic) bond motifs is 2. The van der Waals surface area contributed by atoms with Crippen molar-refractivity contribution in [2.24, 2.45) is 0 Å². The number of hydrogen-bond donors (Lipinski definition) is 2.